The number of ether oxygens (including phenoxy) is 1. The maximum atomic E-state index is 12.7. The van der Waals surface area contributed by atoms with Crippen molar-refractivity contribution in [3.8, 4) is 5.75 Å². The molecule has 8 nitrogen and oxygen atoms in total. The van der Waals surface area contributed by atoms with E-state index in [0.29, 0.717) is 23.5 Å². The molecule has 0 aromatic heterocycles. The number of amides is 2. The van der Waals surface area contributed by atoms with Gasteiger partial charge in [-0.05, 0) is 48.7 Å². The zero-order valence-corrected chi connectivity index (χ0v) is 19.8. The van der Waals surface area contributed by atoms with Gasteiger partial charge in [0.05, 0.1) is 5.75 Å². The van der Waals surface area contributed by atoms with Crippen LogP contribution in [0.3, 0.4) is 0 Å². The lowest BCUT2D eigenvalue weighted by Gasteiger charge is -2.18. The number of hydrogen-bond donors (Lipinski definition) is 3. The summed E-state index contributed by atoms with van der Waals surface area (Å²) < 4.78 is 31.0. The Labute approximate surface area is 193 Å². The Bertz CT molecular complexity index is 967. The van der Waals surface area contributed by atoms with Gasteiger partial charge in [0.2, 0.25) is 15.9 Å². The molecule has 174 valence electrons. The van der Waals surface area contributed by atoms with E-state index in [1.54, 1.807) is 48.2 Å². The Morgan fingerprint density at radius 3 is 2.31 bits per heavy atom. The van der Waals surface area contributed by atoms with Crippen molar-refractivity contribution in [2.24, 2.45) is 0 Å². The predicted octanol–water partition coefficient (Wildman–Crippen LogP) is 1.67. The number of carbonyl (C=O) groups is 2. The molecule has 0 aliphatic rings. The highest BCUT2D eigenvalue weighted by Gasteiger charge is 2.20. The molecule has 2 amide bonds. The monoisotopic (exact) mass is 479 g/mol. The zero-order valence-electron chi connectivity index (χ0n) is 18.2. The standard InChI is InChI=1S/C22H29N3O5S2/c1-23-32(28,29)16-18-10-8-17(9-11-18)14-24-22(27)20(12-13-31-2)25-21(26)15-30-19-6-4-3-5-7-19/h3-11,20,23H,12-16H2,1-2H3,(H,24,27)(H,25,26)/t20-/m0/s1. The fraction of sp³-hybridized carbons (Fsp3) is 0.364. The van der Waals surface area contributed by atoms with Crippen LogP contribution >= 0.6 is 11.8 Å². The van der Waals surface area contributed by atoms with E-state index < -0.39 is 16.1 Å². The Hall–Kier alpha value is -2.56. The number of thioether (sulfide) groups is 1. The molecular weight excluding hydrogens is 450 g/mol. The average molecular weight is 480 g/mol. The van der Waals surface area contributed by atoms with Crippen molar-refractivity contribution in [3.05, 3.63) is 65.7 Å². The van der Waals surface area contributed by atoms with Crippen molar-refractivity contribution >= 4 is 33.6 Å². The van der Waals surface area contributed by atoms with Crippen LogP contribution in [0.15, 0.2) is 54.6 Å². The van der Waals surface area contributed by atoms with Gasteiger partial charge in [0, 0.05) is 6.54 Å². The zero-order chi connectivity index (χ0) is 23.4. The van der Waals surface area contributed by atoms with Gasteiger partial charge in [0.25, 0.3) is 5.91 Å². The molecule has 2 rings (SSSR count). The largest absolute Gasteiger partial charge is 0.484 e. The topological polar surface area (TPSA) is 114 Å². The normalized spacial score (nSPS) is 12.1. The molecule has 32 heavy (non-hydrogen) atoms. The van der Waals surface area contributed by atoms with Crippen LogP contribution in [0.4, 0.5) is 0 Å². The fourth-order valence-electron chi connectivity index (χ4n) is 2.76. The number of hydrogen-bond acceptors (Lipinski definition) is 6. The highest BCUT2D eigenvalue weighted by atomic mass is 32.2. The van der Waals surface area contributed by atoms with E-state index in [9.17, 15) is 18.0 Å². The van der Waals surface area contributed by atoms with Crippen molar-refractivity contribution in [2.75, 3.05) is 25.7 Å². The van der Waals surface area contributed by atoms with Gasteiger partial charge in [-0.1, -0.05) is 42.5 Å². The van der Waals surface area contributed by atoms with Crippen molar-refractivity contribution in [1.82, 2.24) is 15.4 Å². The van der Waals surface area contributed by atoms with Gasteiger partial charge in [0.15, 0.2) is 6.61 Å². The third-order valence-electron chi connectivity index (χ3n) is 4.53. The molecule has 0 aliphatic heterocycles. The maximum Gasteiger partial charge on any atom is 0.258 e. The van der Waals surface area contributed by atoms with Crippen molar-refractivity contribution in [2.45, 2.75) is 24.8 Å². The van der Waals surface area contributed by atoms with Crippen LogP contribution in [0.5, 0.6) is 5.75 Å². The van der Waals surface area contributed by atoms with Crippen molar-refractivity contribution < 1.29 is 22.7 Å². The van der Waals surface area contributed by atoms with Gasteiger partial charge in [-0.3, -0.25) is 9.59 Å². The number of carbonyl (C=O) groups excluding carboxylic acids is 2. The minimum atomic E-state index is -3.34. The number of para-hydroxylation sites is 1. The summed E-state index contributed by atoms with van der Waals surface area (Å²) in [5.74, 6) is 0.536. The van der Waals surface area contributed by atoms with E-state index in [-0.39, 0.29) is 30.7 Å². The predicted molar refractivity (Wildman–Crippen MR) is 127 cm³/mol. The molecule has 0 fully saturated rings. The van der Waals surface area contributed by atoms with Gasteiger partial charge < -0.3 is 15.4 Å². The van der Waals surface area contributed by atoms with Crippen LogP contribution in [0.2, 0.25) is 0 Å². The summed E-state index contributed by atoms with van der Waals surface area (Å²) in [6, 6.07) is 15.3. The third-order valence-corrected chi connectivity index (χ3v) is 6.51. The highest BCUT2D eigenvalue weighted by molar-refractivity contribution is 7.98. The maximum absolute atomic E-state index is 12.7. The van der Waals surface area contributed by atoms with Crippen molar-refractivity contribution in [1.29, 1.82) is 0 Å². The first-order chi connectivity index (χ1) is 15.3. The number of benzene rings is 2. The minimum absolute atomic E-state index is 0.107. The van der Waals surface area contributed by atoms with E-state index in [0.717, 1.165) is 5.56 Å². The molecular formula is C22H29N3O5S2. The van der Waals surface area contributed by atoms with Crippen LogP contribution in [0, 0.1) is 0 Å². The molecule has 2 aromatic rings. The fourth-order valence-corrected chi connectivity index (χ4v) is 4.01. The summed E-state index contributed by atoms with van der Waals surface area (Å²) in [7, 11) is -1.96. The first kappa shape index (κ1) is 25.7. The quantitative estimate of drug-likeness (QED) is 0.403. The van der Waals surface area contributed by atoms with Gasteiger partial charge in [-0.2, -0.15) is 11.8 Å². The number of sulfonamides is 1. The van der Waals surface area contributed by atoms with E-state index in [1.165, 1.54) is 7.05 Å². The Morgan fingerprint density at radius 1 is 1.03 bits per heavy atom. The Kier molecular flexibility index (Phi) is 10.5. The van der Waals surface area contributed by atoms with Crippen LogP contribution < -0.4 is 20.1 Å². The average Bonchev–Trinajstić information content (AvgIpc) is 2.80. The van der Waals surface area contributed by atoms with Gasteiger partial charge in [-0.15, -0.1) is 0 Å². The lowest BCUT2D eigenvalue weighted by Crippen LogP contribution is -2.48. The summed E-state index contributed by atoms with van der Waals surface area (Å²) in [5.41, 5.74) is 1.48. The lowest BCUT2D eigenvalue weighted by atomic mass is 10.1. The third kappa shape index (κ3) is 9.29. The van der Waals surface area contributed by atoms with E-state index in [4.69, 9.17) is 4.74 Å². The van der Waals surface area contributed by atoms with E-state index in [2.05, 4.69) is 15.4 Å². The first-order valence-corrected chi connectivity index (χ1v) is 13.1. The number of nitrogens with one attached hydrogen (secondary N) is 3. The first-order valence-electron chi connectivity index (χ1n) is 10.1. The van der Waals surface area contributed by atoms with E-state index in [1.807, 2.05) is 24.5 Å². The highest BCUT2D eigenvalue weighted by Crippen LogP contribution is 2.09. The van der Waals surface area contributed by atoms with Crippen LogP contribution in [0.1, 0.15) is 17.5 Å². The molecule has 0 spiro atoms. The molecule has 0 radical (unpaired) electrons. The minimum Gasteiger partial charge on any atom is -0.484 e. The summed E-state index contributed by atoms with van der Waals surface area (Å²) >= 11 is 1.59. The summed E-state index contributed by atoms with van der Waals surface area (Å²) in [6.07, 6.45) is 2.43. The van der Waals surface area contributed by atoms with Gasteiger partial charge in [-0.25, -0.2) is 13.1 Å². The molecule has 10 heteroatoms. The lowest BCUT2D eigenvalue weighted by molar-refractivity contribution is -0.130. The number of rotatable bonds is 13. The van der Waals surface area contributed by atoms with Crippen molar-refractivity contribution in [3.63, 3.8) is 0 Å². The van der Waals surface area contributed by atoms with Gasteiger partial charge in [0.1, 0.15) is 11.8 Å². The second-order valence-electron chi connectivity index (χ2n) is 7.00. The molecule has 0 heterocycles. The summed E-state index contributed by atoms with van der Waals surface area (Å²) in [4.78, 5) is 24.9. The second kappa shape index (κ2) is 13.1. The summed E-state index contributed by atoms with van der Waals surface area (Å²) in [6.45, 7) is 0.0914. The SMILES string of the molecule is CNS(=O)(=O)Cc1ccc(CNC(=O)[C@H](CCSC)NC(=O)COc2ccccc2)cc1. The molecule has 2 aromatic carbocycles. The Balaban J connectivity index is 1.87. The van der Waals surface area contributed by atoms with Gasteiger partial charge >= 0.3 is 0 Å². The second-order valence-corrected chi connectivity index (χ2v) is 9.91. The molecule has 0 aliphatic carbocycles. The molecule has 0 saturated carbocycles. The molecule has 0 saturated heterocycles. The molecule has 0 bridgehead atoms. The molecule has 1 atom stereocenters. The van der Waals surface area contributed by atoms with Crippen LogP contribution in [-0.4, -0.2) is 51.9 Å². The molecule has 0 unspecified atom stereocenters. The van der Waals surface area contributed by atoms with Crippen LogP contribution in [0.25, 0.3) is 0 Å². The Morgan fingerprint density at radius 2 is 1.69 bits per heavy atom. The van der Waals surface area contributed by atoms with E-state index >= 15 is 0 Å². The van der Waals surface area contributed by atoms with Crippen LogP contribution in [-0.2, 0) is 31.9 Å². The summed E-state index contributed by atoms with van der Waals surface area (Å²) in [5, 5.41) is 5.57. The smallest absolute Gasteiger partial charge is 0.258 e. The molecule has 3 N–H and O–H groups in total.